The molecule has 0 aromatic heterocycles. The first-order chi connectivity index (χ1) is 14.9. The Morgan fingerprint density at radius 2 is 1.72 bits per heavy atom. The van der Waals surface area contributed by atoms with Crippen LogP contribution in [0.5, 0.6) is 0 Å². The van der Waals surface area contributed by atoms with Gasteiger partial charge < -0.3 is 9.64 Å². The normalized spacial score (nSPS) is 22.9. The Morgan fingerprint density at radius 1 is 1.12 bits per heavy atom. The van der Waals surface area contributed by atoms with Gasteiger partial charge in [-0.2, -0.15) is 4.31 Å². The van der Waals surface area contributed by atoms with E-state index in [2.05, 4.69) is 0 Å². The number of esters is 1. The van der Waals surface area contributed by atoms with E-state index in [1.807, 2.05) is 6.92 Å². The van der Waals surface area contributed by atoms with E-state index in [0.29, 0.717) is 19.3 Å². The summed E-state index contributed by atoms with van der Waals surface area (Å²) in [5.74, 6) is -1.51. The van der Waals surface area contributed by atoms with Gasteiger partial charge in [0.1, 0.15) is 0 Å². The highest BCUT2D eigenvalue weighted by Crippen LogP contribution is 2.25. The van der Waals surface area contributed by atoms with Gasteiger partial charge in [-0.1, -0.05) is 17.7 Å². The van der Waals surface area contributed by atoms with Crippen LogP contribution < -0.4 is 0 Å². The van der Waals surface area contributed by atoms with Crippen LogP contribution in [0.1, 0.15) is 31.7 Å². The average Bonchev–Trinajstić information content (AvgIpc) is 3.12. The van der Waals surface area contributed by atoms with Gasteiger partial charge in [0.05, 0.1) is 22.3 Å². The zero-order chi connectivity index (χ0) is 23.7. The molecule has 0 bridgehead atoms. The molecular formula is C21H30N2O7S2. The van der Waals surface area contributed by atoms with Crippen molar-refractivity contribution in [3.05, 3.63) is 29.8 Å². The fraction of sp³-hybridized carbons (Fsp3) is 0.619. The molecule has 0 aliphatic carbocycles. The van der Waals surface area contributed by atoms with E-state index >= 15 is 0 Å². The van der Waals surface area contributed by atoms with Crippen LogP contribution >= 0.6 is 0 Å². The van der Waals surface area contributed by atoms with Crippen LogP contribution in [-0.2, 0) is 34.2 Å². The Balaban J connectivity index is 1.52. The minimum atomic E-state index is -3.62. The molecule has 3 rings (SSSR count). The number of amides is 1. The molecule has 2 atom stereocenters. The van der Waals surface area contributed by atoms with Crippen molar-refractivity contribution in [1.29, 1.82) is 0 Å². The summed E-state index contributed by atoms with van der Waals surface area (Å²) in [5.41, 5.74) is 0.967. The molecule has 1 aromatic carbocycles. The third-order valence-electron chi connectivity index (χ3n) is 6.19. The predicted molar refractivity (Wildman–Crippen MR) is 118 cm³/mol. The molecule has 9 nitrogen and oxygen atoms in total. The first-order valence-electron chi connectivity index (χ1n) is 10.6. The van der Waals surface area contributed by atoms with Crippen LogP contribution in [0, 0.1) is 12.8 Å². The molecule has 2 heterocycles. The zero-order valence-electron chi connectivity index (χ0n) is 18.6. The Labute approximate surface area is 189 Å². The van der Waals surface area contributed by atoms with Crippen molar-refractivity contribution >= 4 is 31.7 Å². The van der Waals surface area contributed by atoms with Crippen molar-refractivity contribution < 1.29 is 31.2 Å². The minimum absolute atomic E-state index is 0.0491. The topological polar surface area (TPSA) is 118 Å². The summed E-state index contributed by atoms with van der Waals surface area (Å²) >= 11 is 0. The predicted octanol–water partition coefficient (Wildman–Crippen LogP) is 0.973. The lowest BCUT2D eigenvalue weighted by atomic mass is 9.98. The van der Waals surface area contributed by atoms with Crippen molar-refractivity contribution in [2.45, 2.75) is 50.2 Å². The van der Waals surface area contributed by atoms with Crippen LogP contribution in [0.2, 0.25) is 0 Å². The van der Waals surface area contributed by atoms with Gasteiger partial charge in [-0.25, -0.2) is 16.8 Å². The zero-order valence-corrected chi connectivity index (χ0v) is 20.2. The van der Waals surface area contributed by atoms with Crippen molar-refractivity contribution in [3.63, 3.8) is 0 Å². The first kappa shape index (κ1) is 24.7. The SMILES string of the molecule is Cc1ccc(S(=O)(=O)N2CCC(C(=O)OC(C)C(=O)N(C)C3CCS(=O)(=O)C3)CC2)cc1. The van der Waals surface area contributed by atoms with Crippen LogP contribution in [0.25, 0.3) is 0 Å². The lowest BCUT2D eigenvalue weighted by molar-refractivity contribution is -0.163. The van der Waals surface area contributed by atoms with Gasteiger partial charge in [0.25, 0.3) is 5.91 Å². The van der Waals surface area contributed by atoms with Crippen molar-refractivity contribution in [2.75, 3.05) is 31.6 Å². The second-order valence-electron chi connectivity index (χ2n) is 8.58. The molecule has 0 N–H and O–H groups in total. The highest BCUT2D eigenvalue weighted by molar-refractivity contribution is 7.91. The number of rotatable bonds is 6. The quantitative estimate of drug-likeness (QED) is 0.550. The summed E-state index contributed by atoms with van der Waals surface area (Å²) in [6, 6.07) is 6.22. The van der Waals surface area contributed by atoms with Gasteiger partial charge in [-0.05, 0) is 45.2 Å². The van der Waals surface area contributed by atoms with Gasteiger partial charge in [-0.3, -0.25) is 9.59 Å². The molecule has 0 spiro atoms. The van der Waals surface area contributed by atoms with Crippen LogP contribution in [-0.4, -0.2) is 81.7 Å². The molecule has 2 aliphatic rings. The number of sulfonamides is 1. The van der Waals surface area contributed by atoms with E-state index in [9.17, 15) is 26.4 Å². The summed E-state index contributed by atoms with van der Waals surface area (Å²) in [7, 11) is -5.24. The number of carbonyl (C=O) groups excluding carboxylic acids is 2. The van der Waals surface area contributed by atoms with Gasteiger partial charge >= 0.3 is 5.97 Å². The molecule has 2 unspecified atom stereocenters. The second-order valence-corrected chi connectivity index (χ2v) is 12.7. The van der Waals surface area contributed by atoms with Crippen molar-refractivity contribution in [1.82, 2.24) is 9.21 Å². The second kappa shape index (κ2) is 9.48. The first-order valence-corrected chi connectivity index (χ1v) is 13.9. The van der Waals surface area contributed by atoms with E-state index in [0.717, 1.165) is 5.56 Å². The van der Waals surface area contributed by atoms with Crippen molar-refractivity contribution in [3.8, 4) is 0 Å². The molecule has 32 heavy (non-hydrogen) atoms. The Morgan fingerprint density at radius 3 is 2.25 bits per heavy atom. The van der Waals surface area contributed by atoms with E-state index < -0.39 is 49.8 Å². The average molecular weight is 487 g/mol. The maximum Gasteiger partial charge on any atom is 0.309 e. The molecular weight excluding hydrogens is 456 g/mol. The molecule has 178 valence electrons. The fourth-order valence-electron chi connectivity index (χ4n) is 4.06. The number of sulfone groups is 1. The third-order valence-corrected chi connectivity index (χ3v) is 9.85. The fourth-order valence-corrected chi connectivity index (χ4v) is 7.30. The molecule has 1 aromatic rings. The molecule has 0 saturated carbocycles. The number of piperidine rings is 1. The summed E-state index contributed by atoms with van der Waals surface area (Å²) in [6.07, 6.45) is -0.0486. The van der Waals surface area contributed by atoms with Gasteiger partial charge in [0.15, 0.2) is 15.9 Å². The van der Waals surface area contributed by atoms with Crippen LogP contribution in [0.4, 0.5) is 0 Å². The van der Waals surface area contributed by atoms with Crippen LogP contribution in [0.15, 0.2) is 29.2 Å². The number of aryl methyl sites for hydroxylation is 1. The third kappa shape index (κ3) is 5.49. The Hall–Kier alpha value is -1.98. The number of benzene rings is 1. The van der Waals surface area contributed by atoms with Crippen LogP contribution in [0.3, 0.4) is 0 Å². The highest BCUT2D eigenvalue weighted by atomic mass is 32.2. The van der Waals surface area contributed by atoms with Gasteiger partial charge in [0.2, 0.25) is 10.0 Å². The number of ether oxygens (including phenoxy) is 1. The monoisotopic (exact) mass is 486 g/mol. The lowest BCUT2D eigenvalue weighted by Crippen LogP contribution is -2.45. The summed E-state index contributed by atoms with van der Waals surface area (Å²) < 4.78 is 55.6. The van der Waals surface area contributed by atoms with E-state index in [4.69, 9.17) is 4.74 Å². The van der Waals surface area contributed by atoms with Gasteiger partial charge in [0, 0.05) is 26.2 Å². The summed E-state index contributed by atoms with van der Waals surface area (Å²) in [5, 5.41) is 0. The molecule has 1 amide bonds. The summed E-state index contributed by atoms with van der Waals surface area (Å²) in [6.45, 7) is 3.74. The molecule has 2 saturated heterocycles. The Bertz CT molecular complexity index is 1060. The maximum absolute atomic E-state index is 12.8. The standard InChI is InChI=1S/C21H30N2O7S2/c1-15-4-6-19(7-5-15)32(28,29)23-11-8-17(9-12-23)21(25)30-16(2)20(24)22(3)18-10-13-31(26,27)14-18/h4-7,16-18H,8-14H2,1-3H3. The number of hydrogen-bond donors (Lipinski definition) is 0. The molecule has 11 heteroatoms. The summed E-state index contributed by atoms with van der Waals surface area (Å²) in [4.78, 5) is 26.7. The molecule has 2 fully saturated rings. The van der Waals surface area contributed by atoms with Gasteiger partial charge in [-0.15, -0.1) is 0 Å². The van der Waals surface area contributed by atoms with Crippen molar-refractivity contribution in [2.24, 2.45) is 5.92 Å². The maximum atomic E-state index is 12.8. The van der Waals surface area contributed by atoms with E-state index in [1.165, 1.54) is 23.2 Å². The van der Waals surface area contributed by atoms with E-state index in [1.54, 1.807) is 24.3 Å². The van der Waals surface area contributed by atoms with E-state index in [-0.39, 0.29) is 29.5 Å². The minimum Gasteiger partial charge on any atom is -0.452 e. The largest absolute Gasteiger partial charge is 0.452 e. The number of carbonyl (C=O) groups is 2. The smallest absolute Gasteiger partial charge is 0.309 e. The number of hydrogen-bond acceptors (Lipinski definition) is 7. The highest BCUT2D eigenvalue weighted by Gasteiger charge is 2.37. The Kier molecular flexibility index (Phi) is 7.31. The number of nitrogens with zero attached hydrogens (tertiary/aromatic N) is 2. The molecule has 0 radical (unpaired) electrons. The lowest BCUT2D eigenvalue weighted by Gasteiger charge is -2.31. The molecule has 2 aliphatic heterocycles. The number of likely N-dealkylation sites (N-methyl/N-ethyl adjacent to an activating group) is 1.